The Balaban J connectivity index is 2.09. The lowest BCUT2D eigenvalue weighted by atomic mass is 10.0. The number of hydrogen-bond acceptors (Lipinski definition) is 2. The zero-order valence-electron chi connectivity index (χ0n) is 13.8. The predicted molar refractivity (Wildman–Crippen MR) is 89.8 cm³/mol. The van der Waals surface area contributed by atoms with Crippen molar-refractivity contribution in [3.8, 4) is 5.75 Å². The van der Waals surface area contributed by atoms with Gasteiger partial charge in [-0.3, -0.25) is 0 Å². The van der Waals surface area contributed by atoms with Crippen LogP contribution in [0.25, 0.3) is 0 Å². The van der Waals surface area contributed by atoms with E-state index in [1.54, 1.807) is 12.1 Å². The number of ether oxygens (including phenoxy) is 1. The highest BCUT2D eigenvalue weighted by molar-refractivity contribution is 5.25. The highest BCUT2D eigenvalue weighted by Crippen LogP contribution is 2.16. The van der Waals surface area contributed by atoms with Crippen molar-refractivity contribution in [1.82, 2.24) is 0 Å². The zero-order valence-corrected chi connectivity index (χ0v) is 13.8. The molecule has 0 fully saturated rings. The molecule has 2 heteroatoms. The summed E-state index contributed by atoms with van der Waals surface area (Å²) in [5.74, 6) is 0.338. The topological polar surface area (TPSA) is 29.5 Å². The Bertz CT molecular complexity index is 345. The smallest absolute Gasteiger partial charge is 0.115 e. The van der Waals surface area contributed by atoms with Crippen molar-refractivity contribution >= 4 is 0 Å². The molecule has 0 amide bonds. The fraction of sp³-hybridized carbons (Fsp3) is 0.684. The molecular weight excluding hydrogens is 260 g/mol. The fourth-order valence-electron chi connectivity index (χ4n) is 2.70. The maximum Gasteiger partial charge on any atom is 0.115 e. The molecule has 0 saturated heterocycles. The van der Waals surface area contributed by atoms with Crippen LogP contribution in [0.2, 0.25) is 0 Å². The SMILES string of the molecule is CCCCCCCCCC(CCc1ccc(O)cc1)OC. The number of phenolic OH excluding ortho intramolecular Hbond substituents is 1. The molecule has 0 aliphatic carbocycles. The average Bonchev–Trinajstić information content (AvgIpc) is 2.51. The second-order valence-electron chi connectivity index (χ2n) is 5.97. The molecule has 21 heavy (non-hydrogen) atoms. The van der Waals surface area contributed by atoms with E-state index in [9.17, 15) is 5.11 Å². The highest BCUT2D eigenvalue weighted by atomic mass is 16.5. The molecule has 0 heterocycles. The summed E-state index contributed by atoms with van der Waals surface area (Å²) in [6, 6.07) is 7.51. The number of benzene rings is 1. The van der Waals surface area contributed by atoms with E-state index in [-0.39, 0.29) is 0 Å². The number of phenols is 1. The number of rotatable bonds is 12. The highest BCUT2D eigenvalue weighted by Gasteiger charge is 2.07. The Morgan fingerprint density at radius 2 is 1.52 bits per heavy atom. The van der Waals surface area contributed by atoms with Gasteiger partial charge >= 0.3 is 0 Å². The quantitative estimate of drug-likeness (QED) is 0.517. The minimum absolute atomic E-state index is 0.338. The first-order chi connectivity index (χ1) is 10.3. The number of aromatic hydroxyl groups is 1. The summed E-state index contributed by atoms with van der Waals surface area (Å²) in [6.07, 6.45) is 13.1. The van der Waals surface area contributed by atoms with Gasteiger partial charge in [-0.05, 0) is 37.0 Å². The van der Waals surface area contributed by atoms with Gasteiger partial charge in [-0.1, -0.05) is 64.0 Å². The normalized spacial score (nSPS) is 12.5. The molecule has 0 aliphatic rings. The van der Waals surface area contributed by atoms with Crippen molar-refractivity contribution in [2.24, 2.45) is 0 Å². The molecule has 1 aromatic carbocycles. The van der Waals surface area contributed by atoms with Crippen LogP contribution in [0.5, 0.6) is 5.75 Å². The maximum atomic E-state index is 9.28. The summed E-state index contributed by atoms with van der Waals surface area (Å²) in [5.41, 5.74) is 1.27. The van der Waals surface area contributed by atoms with Gasteiger partial charge in [-0.2, -0.15) is 0 Å². The van der Waals surface area contributed by atoms with Crippen LogP contribution in [0, 0.1) is 0 Å². The van der Waals surface area contributed by atoms with Crippen LogP contribution in [-0.2, 0) is 11.2 Å². The van der Waals surface area contributed by atoms with Crippen LogP contribution < -0.4 is 0 Å². The van der Waals surface area contributed by atoms with E-state index in [0.717, 1.165) is 12.8 Å². The third kappa shape index (κ3) is 8.77. The molecular formula is C19H32O2. The third-order valence-electron chi connectivity index (χ3n) is 4.15. The van der Waals surface area contributed by atoms with Gasteiger partial charge in [-0.25, -0.2) is 0 Å². The predicted octanol–water partition coefficient (Wildman–Crippen LogP) is 5.48. The third-order valence-corrected chi connectivity index (χ3v) is 4.15. The molecule has 1 rings (SSSR count). The fourth-order valence-corrected chi connectivity index (χ4v) is 2.70. The number of aryl methyl sites for hydroxylation is 1. The minimum atomic E-state index is 0.338. The van der Waals surface area contributed by atoms with Crippen molar-refractivity contribution in [1.29, 1.82) is 0 Å². The molecule has 0 radical (unpaired) electrons. The molecule has 2 nitrogen and oxygen atoms in total. The second kappa shape index (κ2) is 11.6. The zero-order chi connectivity index (χ0) is 15.3. The molecule has 1 atom stereocenters. The summed E-state index contributed by atoms with van der Waals surface area (Å²) in [6.45, 7) is 2.26. The summed E-state index contributed by atoms with van der Waals surface area (Å²) in [7, 11) is 1.82. The lowest BCUT2D eigenvalue weighted by molar-refractivity contribution is 0.0858. The van der Waals surface area contributed by atoms with E-state index >= 15 is 0 Å². The molecule has 0 saturated carbocycles. The molecule has 1 aromatic rings. The van der Waals surface area contributed by atoms with Gasteiger partial charge in [0.1, 0.15) is 5.75 Å². The van der Waals surface area contributed by atoms with Crippen molar-refractivity contribution < 1.29 is 9.84 Å². The van der Waals surface area contributed by atoms with Crippen LogP contribution in [0.3, 0.4) is 0 Å². The first-order valence-corrected chi connectivity index (χ1v) is 8.57. The van der Waals surface area contributed by atoms with E-state index in [1.807, 2.05) is 19.2 Å². The van der Waals surface area contributed by atoms with Crippen molar-refractivity contribution in [3.05, 3.63) is 29.8 Å². The molecule has 0 spiro atoms. The van der Waals surface area contributed by atoms with Crippen LogP contribution in [0.4, 0.5) is 0 Å². The summed E-state index contributed by atoms with van der Waals surface area (Å²) in [4.78, 5) is 0. The number of hydrogen-bond donors (Lipinski definition) is 1. The van der Waals surface area contributed by atoms with E-state index in [4.69, 9.17) is 4.74 Å². The largest absolute Gasteiger partial charge is 0.508 e. The Kier molecular flexibility index (Phi) is 9.98. The Morgan fingerprint density at radius 3 is 2.14 bits per heavy atom. The second-order valence-corrected chi connectivity index (χ2v) is 5.97. The Morgan fingerprint density at radius 1 is 0.905 bits per heavy atom. The van der Waals surface area contributed by atoms with Crippen LogP contribution >= 0.6 is 0 Å². The summed E-state index contributed by atoms with van der Waals surface area (Å²) >= 11 is 0. The Labute approximate surface area is 130 Å². The van der Waals surface area contributed by atoms with Gasteiger partial charge in [0.25, 0.3) is 0 Å². The van der Waals surface area contributed by atoms with Gasteiger partial charge in [0.05, 0.1) is 6.10 Å². The van der Waals surface area contributed by atoms with Crippen molar-refractivity contribution in [2.75, 3.05) is 7.11 Å². The molecule has 0 bridgehead atoms. The standard InChI is InChI=1S/C19H32O2/c1-3-4-5-6-7-8-9-10-19(21-2)16-13-17-11-14-18(20)15-12-17/h11-12,14-15,19-20H,3-10,13,16H2,1-2H3. The molecule has 120 valence electrons. The van der Waals surface area contributed by atoms with Gasteiger partial charge in [-0.15, -0.1) is 0 Å². The minimum Gasteiger partial charge on any atom is -0.508 e. The lowest BCUT2D eigenvalue weighted by Gasteiger charge is -2.15. The number of unbranched alkanes of at least 4 members (excludes halogenated alkanes) is 6. The van der Waals surface area contributed by atoms with Crippen molar-refractivity contribution in [2.45, 2.75) is 77.2 Å². The van der Waals surface area contributed by atoms with Gasteiger partial charge in [0, 0.05) is 7.11 Å². The lowest BCUT2D eigenvalue weighted by Crippen LogP contribution is -2.11. The maximum absolute atomic E-state index is 9.28. The monoisotopic (exact) mass is 292 g/mol. The van der Waals surface area contributed by atoms with Gasteiger partial charge in [0.15, 0.2) is 0 Å². The van der Waals surface area contributed by atoms with Crippen LogP contribution in [0.1, 0.15) is 70.3 Å². The summed E-state index contributed by atoms with van der Waals surface area (Å²) < 4.78 is 5.59. The average molecular weight is 292 g/mol. The van der Waals surface area contributed by atoms with Crippen LogP contribution in [-0.4, -0.2) is 18.3 Å². The van der Waals surface area contributed by atoms with E-state index in [0.29, 0.717) is 11.9 Å². The molecule has 0 aromatic heterocycles. The van der Waals surface area contributed by atoms with Crippen LogP contribution in [0.15, 0.2) is 24.3 Å². The molecule has 0 aliphatic heterocycles. The number of methoxy groups -OCH3 is 1. The van der Waals surface area contributed by atoms with Gasteiger partial charge < -0.3 is 9.84 Å². The molecule has 1 unspecified atom stereocenters. The first kappa shape index (κ1) is 18.0. The molecule has 1 N–H and O–H groups in total. The van der Waals surface area contributed by atoms with E-state index in [1.165, 1.54) is 56.9 Å². The summed E-state index contributed by atoms with van der Waals surface area (Å²) in [5, 5.41) is 9.28. The van der Waals surface area contributed by atoms with Gasteiger partial charge in [0.2, 0.25) is 0 Å². The Hall–Kier alpha value is -1.02. The van der Waals surface area contributed by atoms with Crippen molar-refractivity contribution in [3.63, 3.8) is 0 Å². The first-order valence-electron chi connectivity index (χ1n) is 8.57. The van der Waals surface area contributed by atoms with E-state index < -0.39 is 0 Å². The van der Waals surface area contributed by atoms with E-state index in [2.05, 4.69) is 6.92 Å².